The van der Waals surface area contributed by atoms with E-state index in [9.17, 15) is 14.3 Å². The molecule has 44 heavy (non-hydrogen) atoms. The van der Waals surface area contributed by atoms with E-state index in [0.717, 1.165) is 66.8 Å². The minimum atomic E-state index is -0.867. The second kappa shape index (κ2) is 12.3. The number of aliphatic hydroxyl groups is 1. The summed E-state index contributed by atoms with van der Waals surface area (Å²) in [5.74, 6) is 1.13. The number of ether oxygens (including phenoxy) is 2. The SMILES string of the molecule is COC(=O)C1(Nc2cccc(Cl)c2)CCC2(CC1)c1ccc(F)cc1C[C@@H]2C[C@@H](C)COc1ccnc2c1[C@H](C)CC[C@H]2O. The number of anilines is 1. The second-order valence-electron chi connectivity index (χ2n) is 13.3. The summed E-state index contributed by atoms with van der Waals surface area (Å²) in [5, 5.41) is 14.6. The van der Waals surface area contributed by atoms with Gasteiger partial charge in [-0.05, 0) is 122 Å². The zero-order valence-electron chi connectivity index (χ0n) is 25.7. The van der Waals surface area contributed by atoms with E-state index in [2.05, 4.69) is 24.1 Å². The molecule has 0 aliphatic heterocycles. The van der Waals surface area contributed by atoms with Crippen molar-refractivity contribution in [2.24, 2.45) is 11.8 Å². The first-order valence-electron chi connectivity index (χ1n) is 15.8. The van der Waals surface area contributed by atoms with Crippen LogP contribution in [0.1, 0.15) is 93.2 Å². The summed E-state index contributed by atoms with van der Waals surface area (Å²) in [6, 6.07) is 14.6. The van der Waals surface area contributed by atoms with E-state index in [1.54, 1.807) is 18.3 Å². The Morgan fingerprint density at radius 1 is 1.16 bits per heavy atom. The van der Waals surface area contributed by atoms with Crippen LogP contribution in [0.4, 0.5) is 10.1 Å². The minimum Gasteiger partial charge on any atom is -0.493 e. The fraction of sp³-hybridized carbons (Fsp3) is 0.500. The molecule has 6 nitrogen and oxygen atoms in total. The molecule has 4 atom stereocenters. The van der Waals surface area contributed by atoms with Crippen LogP contribution in [0.2, 0.25) is 5.02 Å². The first-order chi connectivity index (χ1) is 21.1. The quantitative estimate of drug-likeness (QED) is 0.249. The van der Waals surface area contributed by atoms with Crippen molar-refractivity contribution >= 4 is 23.3 Å². The number of nitrogens with zero attached hydrogens (tertiary/aromatic N) is 1. The maximum Gasteiger partial charge on any atom is 0.331 e. The molecule has 234 valence electrons. The third kappa shape index (κ3) is 5.69. The van der Waals surface area contributed by atoms with Gasteiger partial charge in [0.25, 0.3) is 0 Å². The van der Waals surface area contributed by atoms with Crippen LogP contribution in [-0.2, 0) is 21.4 Å². The van der Waals surface area contributed by atoms with Gasteiger partial charge < -0.3 is 19.9 Å². The number of carbonyl (C=O) groups is 1. The lowest BCUT2D eigenvalue weighted by atomic mass is 9.59. The van der Waals surface area contributed by atoms with Crippen LogP contribution in [0.15, 0.2) is 54.7 Å². The van der Waals surface area contributed by atoms with Gasteiger partial charge in [0.05, 0.1) is 25.5 Å². The van der Waals surface area contributed by atoms with Crippen molar-refractivity contribution in [2.45, 2.75) is 88.2 Å². The Kier molecular flexibility index (Phi) is 8.64. The third-order valence-corrected chi connectivity index (χ3v) is 10.7. The lowest BCUT2D eigenvalue weighted by molar-refractivity contribution is -0.148. The Hall–Kier alpha value is -3.16. The predicted molar refractivity (Wildman–Crippen MR) is 170 cm³/mol. The van der Waals surface area contributed by atoms with E-state index in [1.807, 2.05) is 36.4 Å². The zero-order chi connectivity index (χ0) is 31.1. The average Bonchev–Trinajstić information content (AvgIpc) is 3.29. The molecule has 1 saturated carbocycles. The van der Waals surface area contributed by atoms with Gasteiger partial charge in [-0.1, -0.05) is 37.6 Å². The van der Waals surface area contributed by atoms with Crippen molar-refractivity contribution in [1.82, 2.24) is 4.98 Å². The Morgan fingerprint density at radius 3 is 2.70 bits per heavy atom. The number of fused-ring (bicyclic) bond motifs is 3. The summed E-state index contributed by atoms with van der Waals surface area (Å²) in [7, 11) is 1.44. The molecule has 0 unspecified atom stereocenters. The lowest BCUT2D eigenvalue weighted by Gasteiger charge is -2.47. The van der Waals surface area contributed by atoms with Gasteiger partial charge in [-0.3, -0.25) is 4.98 Å². The summed E-state index contributed by atoms with van der Waals surface area (Å²) in [6.07, 6.45) is 7.26. The highest BCUT2D eigenvalue weighted by molar-refractivity contribution is 6.30. The van der Waals surface area contributed by atoms with E-state index in [4.69, 9.17) is 21.1 Å². The highest BCUT2D eigenvalue weighted by Gasteiger charge is 2.54. The van der Waals surface area contributed by atoms with E-state index < -0.39 is 11.6 Å². The Morgan fingerprint density at radius 2 is 1.95 bits per heavy atom. The molecule has 0 bridgehead atoms. The monoisotopic (exact) mass is 620 g/mol. The molecule has 3 aliphatic rings. The highest BCUT2D eigenvalue weighted by Crippen LogP contribution is 2.56. The smallest absolute Gasteiger partial charge is 0.331 e. The largest absolute Gasteiger partial charge is 0.493 e. The van der Waals surface area contributed by atoms with Crippen LogP contribution in [0.3, 0.4) is 0 Å². The van der Waals surface area contributed by atoms with E-state index in [1.165, 1.54) is 12.7 Å². The van der Waals surface area contributed by atoms with Gasteiger partial charge in [-0.2, -0.15) is 0 Å². The molecule has 3 aliphatic carbocycles. The van der Waals surface area contributed by atoms with Gasteiger partial charge in [0, 0.05) is 22.5 Å². The summed E-state index contributed by atoms with van der Waals surface area (Å²) < 4.78 is 26.2. The molecule has 0 saturated heterocycles. The highest BCUT2D eigenvalue weighted by atomic mass is 35.5. The van der Waals surface area contributed by atoms with Gasteiger partial charge in [-0.15, -0.1) is 0 Å². The topological polar surface area (TPSA) is 80.7 Å². The van der Waals surface area contributed by atoms with Gasteiger partial charge in [0.1, 0.15) is 17.1 Å². The summed E-state index contributed by atoms with van der Waals surface area (Å²) in [5.41, 5.74) is 3.80. The summed E-state index contributed by atoms with van der Waals surface area (Å²) in [6.45, 7) is 4.92. The second-order valence-corrected chi connectivity index (χ2v) is 13.8. The Bertz CT molecular complexity index is 1520. The molecule has 2 aromatic carbocycles. The maximum atomic E-state index is 14.4. The van der Waals surface area contributed by atoms with Crippen LogP contribution in [-0.4, -0.2) is 35.3 Å². The number of methoxy groups -OCH3 is 1. The maximum absolute atomic E-state index is 14.4. The van der Waals surface area contributed by atoms with Crippen molar-refractivity contribution in [3.63, 3.8) is 0 Å². The third-order valence-electron chi connectivity index (χ3n) is 10.5. The number of hydrogen-bond donors (Lipinski definition) is 2. The van der Waals surface area contributed by atoms with Gasteiger partial charge in [0.2, 0.25) is 0 Å². The molecule has 2 N–H and O–H groups in total. The van der Waals surface area contributed by atoms with Crippen molar-refractivity contribution in [2.75, 3.05) is 19.0 Å². The first-order valence-corrected chi connectivity index (χ1v) is 16.2. The number of pyridine rings is 1. The van der Waals surface area contributed by atoms with E-state index in [-0.39, 0.29) is 35.0 Å². The van der Waals surface area contributed by atoms with Crippen molar-refractivity contribution in [1.29, 1.82) is 0 Å². The van der Waals surface area contributed by atoms with Crippen LogP contribution in [0, 0.1) is 17.7 Å². The molecule has 8 heteroatoms. The van der Waals surface area contributed by atoms with E-state index in [0.29, 0.717) is 24.5 Å². The van der Waals surface area contributed by atoms with Crippen LogP contribution >= 0.6 is 11.6 Å². The number of hydrogen-bond acceptors (Lipinski definition) is 6. The fourth-order valence-corrected chi connectivity index (χ4v) is 8.45. The molecule has 1 aromatic heterocycles. The first kappa shape index (κ1) is 30.8. The number of benzene rings is 2. The number of halogens is 2. The summed E-state index contributed by atoms with van der Waals surface area (Å²) >= 11 is 6.26. The van der Waals surface area contributed by atoms with Crippen LogP contribution < -0.4 is 10.1 Å². The number of aromatic nitrogens is 1. The average molecular weight is 621 g/mol. The molecule has 3 aromatic rings. The van der Waals surface area contributed by atoms with Gasteiger partial charge in [0.15, 0.2) is 0 Å². The van der Waals surface area contributed by atoms with Crippen molar-refractivity contribution in [3.8, 4) is 5.75 Å². The van der Waals surface area contributed by atoms with Crippen LogP contribution in [0.5, 0.6) is 5.75 Å². The molecule has 0 amide bonds. The summed E-state index contributed by atoms with van der Waals surface area (Å²) in [4.78, 5) is 17.8. The Labute approximate surface area is 264 Å². The standard InChI is InChI=1S/C36H42ClFN2O4/c1-22(21-44-31-11-16-39-33-30(41)10-7-23(2)32(31)33)17-25-18-24-19-27(38)8-9-29(24)35(25)12-14-36(15-13-35,34(42)43-3)40-28-6-4-5-26(37)20-28/h4-6,8-9,11,16,19-20,22-23,25,30,40-41H,7,10,12-15,17-18,21H2,1-3H3/t22-,23-,25+,30-,35?,36?/m1/s1. The molecular formula is C36H42ClFN2O4. The van der Waals surface area contributed by atoms with Crippen molar-refractivity contribution in [3.05, 3.63) is 88.0 Å². The van der Waals surface area contributed by atoms with E-state index >= 15 is 0 Å². The molecule has 6 rings (SSSR count). The van der Waals surface area contributed by atoms with Gasteiger partial charge in [-0.25, -0.2) is 9.18 Å². The molecule has 1 fully saturated rings. The zero-order valence-corrected chi connectivity index (χ0v) is 26.5. The fourth-order valence-electron chi connectivity index (χ4n) is 8.26. The molecule has 1 spiro atoms. The number of rotatable bonds is 8. The number of esters is 1. The molecular weight excluding hydrogens is 579 g/mol. The van der Waals surface area contributed by atoms with Crippen LogP contribution in [0.25, 0.3) is 0 Å². The van der Waals surface area contributed by atoms with Gasteiger partial charge >= 0.3 is 5.97 Å². The number of carbonyl (C=O) groups excluding carboxylic acids is 1. The lowest BCUT2D eigenvalue weighted by Crippen LogP contribution is -2.53. The normalized spacial score (nSPS) is 28.2. The minimum absolute atomic E-state index is 0.167. The number of nitrogens with one attached hydrogen (secondary N) is 1. The molecule has 0 radical (unpaired) electrons. The van der Waals surface area contributed by atoms with Crippen molar-refractivity contribution < 1.29 is 23.8 Å². The number of aliphatic hydroxyl groups excluding tert-OH is 1. The predicted octanol–water partition coefficient (Wildman–Crippen LogP) is 7.92. The Balaban J connectivity index is 1.22. The molecule has 1 heterocycles.